The number of carbonyl (C=O) groups is 2. The number of hydrogen-bond donors (Lipinski definition) is 1. The Morgan fingerprint density at radius 2 is 1.76 bits per heavy atom. The zero-order chi connectivity index (χ0) is 31.5. The van der Waals surface area contributed by atoms with Gasteiger partial charge in [-0.15, -0.1) is 10.2 Å². The van der Waals surface area contributed by atoms with Crippen LogP contribution in [0, 0.1) is 5.82 Å². The van der Waals surface area contributed by atoms with Crippen LogP contribution >= 0.6 is 0 Å². The summed E-state index contributed by atoms with van der Waals surface area (Å²) in [5.41, 5.74) is 3.52. The van der Waals surface area contributed by atoms with Crippen molar-refractivity contribution in [1.82, 2.24) is 40.0 Å². The molecule has 1 N–H and O–H groups in total. The minimum atomic E-state index is -0.335. The summed E-state index contributed by atoms with van der Waals surface area (Å²) in [5.74, 6) is 0.205. The smallest absolute Gasteiger partial charge is 0.272 e. The Morgan fingerprint density at radius 1 is 1.00 bits per heavy atom. The van der Waals surface area contributed by atoms with Gasteiger partial charge in [0.1, 0.15) is 17.0 Å². The third kappa shape index (κ3) is 6.43. The van der Waals surface area contributed by atoms with E-state index >= 15 is 0 Å². The highest BCUT2D eigenvalue weighted by molar-refractivity contribution is 5.94. The fourth-order valence-electron chi connectivity index (χ4n) is 5.64. The number of tetrazole rings is 1. The summed E-state index contributed by atoms with van der Waals surface area (Å²) in [7, 11) is 0. The van der Waals surface area contributed by atoms with Crippen LogP contribution in [-0.4, -0.2) is 78.0 Å². The summed E-state index contributed by atoms with van der Waals surface area (Å²) in [6.45, 7) is 7.64. The molecule has 0 spiro atoms. The maximum Gasteiger partial charge on any atom is 0.272 e. The van der Waals surface area contributed by atoms with Gasteiger partial charge in [-0.25, -0.2) is 9.37 Å². The average molecular weight is 612 g/mol. The van der Waals surface area contributed by atoms with Gasteiger partial charge in [-0.2, -0.15) is 4.80 Å². The predicted octanol–water partition coefficient (Wildman–Crippen LogP) is 4.88. The number of benzene rings is 2. The number of carbonyl (C=O) groups excluding carboxylic acids is 2. The summed E-state index contributed by atoms with van der Waals surface area (Å²) in [5, 5.41) is 16.2. The third-order valence-electron chi connectivity index (χ3n) is 8.04. The first-order valence-electron chi connectivity index (χ1n) is 15.1. The minimum Gasteiger partial charge on any atom is -0.436 e. The van der Waals surface area contributed by atoms with E-state index in [1.165, 1.54) is 19.1 Å². The van der Waals surface area contributed by atoms with Gasteiger partial charge in [-0.1, -0.05) is 26.0 Å². The van der Waals surface area contributed by atoms with E-state index in [9.17, 15) is 14.0 Å². The standard InChI is InChI=1S/C32H34FN9O3/c1-4-25(5-2)42-38-30(37-39-42)29(21-6-8-23(33)9-7-21)40-14-16-41(17-15-40)32(44)27-18-22(12-13-34-27)31-36-26-19-24(35-20(3)43)10-11-28(26)45-31/h6-13,18-19,25,29H,4-5,14-17H2,1-3H3,(H,35,43). The van der Waals surface area contributed by atoms with Gasteiger partial charge in [0, 0.05) is 50.6 Å². The molecule has 1 aliphatic rings. The van der Waals surface area contributed by atoms with Crippen molar-refractivity contribution < 1.29 is 18.4 Å². The van der Waals surface area contributed by atoms with Gasteiger partial charge in [0.05, 0.1) is 12.1 Å². The lowest BCUT2D eigenvalue weighted by atomic mass is 10.0. The van der Waals surface area contributed by atoms with Crippen molar-refractivity contribution in [2.24, 2.45) is 0 Å². The van der Waals surface area contributed by atoms with E-state index in [0.29, 0.717) is 60.2 Å². The minimum absolute atomic E-state index is 0.147. The van der Waals surface area contributed by atoms with Gasteiger partial charge < -0.3 is 14.6 Å². The molecule has 4 heterocycles. The summed E-state index contributed by atoms with van der Waals surface area (Å²) < 4.78 is 19.7. The van der Waals surface area contributed by atoms with E-state index in [2.05, 4.69) is 44.3 Å². The Kier molecular flexibility index (Phi) is 8.60. The Bertz CT molecular complexity index is 1810. The molecule has 1 saturated heterocycles. The normalized spacial score (nSPS) is 14.6. The first-order chi connectivity index (χ1) is 21.8. The Morgan fingerprint density at radius 3 is 2.47 bits per heavy atom. The summed E-state index contributed by atoms with van der Waals surface area (Å²) in [6.07, 6.45) is 3.33. The van der Waals surface area contributed by atoms with Crippen LogP contribution in [0.4, 0.5) is 10.1 Å². The van der Waals surface area contributed by atoms with Crippen molar-refractivity contribution in [2.75, 3.05) is 31.5 Å². The molecule has 13 heteroatoms. The molecule has 1 aliphatic heterocycles. The van der Waals surface area contributed by atoms with E-state index in [0.717, 1.165) is 18.4 Å². The zero-order valence-electron chi connectivity index (χ0n) is 25.4. The fraction of sp³-hybridized carbons (Fsp3) is 0.344. The monoisotopic (exact) mass is 611 g/mol. The quantitative estimate of drug-likeness (QED) is 0.247. The number of rotatable bonds is 9. The Hall–Kier alpha value is -5.04. The lowest BCUT2D eigenvalue weighted by molar-refractivity contribution is -0.114. The number of piperazine rings is 1. The predicted molar refractivity (Wildman–Crippen MR) is 165 cm³/mol. The second-order valence-corrected chi connectivity index (χ2v) is 11.0. The first kappa shape index (κ1) is 30.0. The number of anilines is 1. The van der Waals surface area contributed by atoms with Crippen molar-refractivity contribution in [1.29, 1.82) is 0 Å². The molecule has 3 aromatic heterocycles. The highest BCUT2D eigenvalue weighted by Crippen LogP contribution is 2.29. The van der Waals surface area contributed by atoms with Crippen LogP contribution in [0.5, 0.6) is 0 Å². The van der Waals surface area contributed by atoms with Gasteiger partial charge >= 0.3 is 0 Å². The molecule has 0 radical (unpaired) electrons. The van der Waals surface area contributed by atoms with E-state index in [4.69, 9.17) is 9.52 Å². The van der Waals surface area contributed by atoms with Gasteiger partial charge in [-0.3, -0.25) is 19.5 Å². The zero-order valence-corrected chi connectivity index (χ0v) is 25.4. The van der Waals surface area contributed by atoms with E-state index in [-0.39, 0.29) is 35.4 Å². The van der Waals surface area contributed by atoms with Crippen LogP contribution in [0.3, 0.4) is 0 Å². The van der Waals surface area contributed by atoms with Crippen molar-refractivity contribution in [2.45, 2.75) is 45.7 Å². The third-order valence-corrected chi connectivity index (χ3v) is 8.04. The van der Waals surface area contributed by atoms with Gasteiger partial charge in [0.2, 0.25) is 11.8 Å². The number of amides is 2. The van der Waals surface area contributed by atoms with Crippen molar-refractivity contribution in [3.8, 4) is 11.5 Å². The average Bonchev–Trinajstić information content (AvgIpc) is 3.70. The second kappa shape index (κ2) is 12.9. The summed E-state index contributed by atoms with van der Waals surface area (Å²) in [6, 6.07) is 14.8. The maximum absolute atomic E-state index is 13.8. The highest BCUT2D eigenvalue weighted by atomic mass is 19.1. The van der Waals surface area contributed by atoms with E-state index in [1.54, 1.807) is 58.4 Å². The van der Waals surface area contributed by atoms with E-state index < -0.39 is 0 Å². The molecule has 0 aliphatic carbocycles. The molecule has 2 amide bonds. The number of halogens is 1. The number of pyridine rings is 1. The molecule has 232 valence electrons. The first-order valence-corrected chi connectivity index (χ1v) is 15.1. The number of aromatic nitrogens is 6. The lowest BCUT2D eigenvalue weighted by Crippen LogP contribution is -2.50. The summed E-state index contributed by atoms with van der Waals surface area (Å²) >= 11 is 0. The number of oxazole rings is 1. The molecule has 0 bridgehead atoms. The molecule has 1 fully saturated rings. The van der Waals surface area contributed by atoms with Crippen LogP contribution in [0.15, 0.2) is 65.2 Å². The van der Waals surface area contributed by atoms with Crippen molar-refractivity contribution >= 4 is 28.6 Å². The van der Waals surface area contributed by atoms with Gasteiger partial charge in [0.25, 0.3) is 5.91 Å². The molecule has 1 atom stereocenters. The van der Waals surface area contributed by atoms with Crippen LogP contribution in [0.1, 0.15) is 67.6 Å². The number of fused-ring (bicyclic) bond motifs is 1. The largest absolute Gasteiger partial charge is 0.436 e. The molecule has 45 heavy (non-hydrogen) atoms. The number of hydrogen-bond acceptors (Lipinski definition) is 9. The molecular formula is C32H34FN9O3. The molecule has 6 rings (SSSR count). The van der Waals surface area contributed by atoms with Crippen LogP contribution < -0.4 is 5.32 Å². The maximum atomic E-state index is 13.8. The fourth-order valence-corrected chi connectivity index (χ4v) is 5.64. The molecule has 5 aromatic rings. The van der Waals surface area contributed by atoms with Gasteiger partial charge in [-0.05, 0) is 66.1 Å². The molecule has 2 aromatic carbocycles. The van der Waals surface area contributed by atoms with Crippen molar-refractivity contribution in [3.63, 3.8) is 0 Å². The lowest BCUT2D eigenvalue weighted by Gasteiger charge is -2.38. The molecule has 0 saturated carbocycles. The Labute approximate surface area is 259 Å². The van der Waals surface area contributed by atoms with Gasteiger partial charge in [0.15, 0.2) is 11.4 Å². The second-order valence-electron chi connectivity index (χ2n) is 11.0. The number of nitrogens with zero attached hydrogens (tertiary/aromatic N) is 8. The van der Waals surface area contributed by atoms with Crippen molar-refractivity contribution in [3.05, 3.63) is 83.7 Å². The molecular weight excluding hydrogens is 577 g/mol. The summed E-state index contributed by atoms with van der Waals surface area (Å²) in [4.78, 5) is 39.5. The SMILES string of the molecule is CCC(CC)n1nnc(C(c2ccc(F)cc2)N2CCN(C(=O)c3cc(-c4nc5cc(NC(C)=O)ccc5o4)ccn3)CC2)n1. The van der Waals surface area contributed by atoms with E-state index in [1.807, 2.05) is 0 Å². The van der Waals surface area contributed by atoms with Crippen LogP contribution in [0.2, 0.25) is 0 Å². The van der Waals surface area contributed by atoms with Crippen LogP contribution in [0.25, 0.3) is 22.6 Å². The number of nitrogens with one attached hydrogen (secondary N) is 1. The molecule has 1 unspecified atom stereocenters. The topological polar surface area (TPSA) is 135 Å². The molecule has 12 nitrogen and oxygen atoms in total. The highest BCUT2D eigenvalue weighted by Gasteiger charge is 2.32. The van der Waals surface area contributed by atoms with Crippen LogP contribution in [-0.2, 0) is 4.79 Å². The Balaban J connectivity index is 1.18.